The van der Waals surface area contributed by atoms with Gasteiger partial charge in [-0.3, -0.25) is 0 Å². The highest BCUT2D eigenvalue weighted by molar-refractivity contribution is 5.90. The van der Waals surface area contributed by atoms with Crippen LogP contribution in [-0.2, 0) is 14.3 Å². The number of carbonyl (C=O) groups excluding carboxylic acids is 2. The fourth-order valence-electron chi connectivity index (χ4n) is 4.45. The molecule has 194 valence electrons. The van der Waals surface area contributed by atoms with E-state index >= 15 is 0 Å². The molecule has 2 aromatic carbocycles. The van der Waals surface area contributed by atoms with Gasteiger partial charge in [-0.2, -0.15) is 0 Å². The average Bonchev–Trinajstić information content (AvgIpc) is 2.92. The molecule has 1 saturated carbocycles. The van der Waals surface area contributed by atoms with Gasteiger partial charge in [0.05, 0.1) is 18.8 Å². The summed E-state index contributed by atoms with van der Waals surface area (Å²) in [6.45, 7) is 4.58. The summed E-state index contributed by atoms with van der Waals surface area (Å²) in [6, 6.07) is 15.8. The molecule has 36 heavy (non-hydrogen) atoms. The second-order valence-electron chi connectivity index (χ2n) is 9.46. The maximum atomic E-state index is 12.4. The highest BCUT2D eigenvalue weighted by Gasteiger charge is 2.18. The number of benzene rings is 2. The Labute approximate surface area is 215 Å². The van der Waals surface area contributed by atoms with Crippen molar-refractivity contribution in [3.05, 3.63) is 66.7 Å². The Balaban J connectivity index is 1.28. The first-order valence-corrected chi connectivity index (χ1v) is 13.5. The predicted molar refractivity (Wildman–Crippen MR) is 143 cm³/mol. The van der Waals surface area contributed by atoms with E-state index in [0.717, 1.165) is 74.7 Å². The van der Waals surface area contributed by atoms with Crippen LogP contribution in [0.4, 0.5) is 0 Å². The van der Waals surface area contributed by atoms with Crippen LogP contribution in [0.25, 0.3) is 11.1 Å². The molecule has 5 nitrogen and oxygen atoms in total. The zero-order valence-electron chi connectivity index (χ0n) is 21.4. The van der Waals surface area contributed by atoms with Crippen LogP contribution in [0.5, 0.6) is 5.75 Å². The third-order valence-corrected chi connectivity index (χ3v) is 6.60. The average molecular weight is 493 g/mol. The summed E-state index contributed by atoms with van der Waals surface area (Å²) in [5.41, 5.74) is 2.77. The van der Waals surface area contributed by atoms with Crippen LogP contribution in [0.2, 0.25) is 0 Å². The Morgan fingerprint density at radius 1 is 0.750 bits per heavy atom. The van der Waals surface area contributed by atoms with Crippen molar-refractivity contribution in [3.8, 4) is 16.9 Å². The van der Waals surface area contributed by atoms with Gasteiger partial charge in [0.2, 0.25) is 0 Å². The van der Waals surface area contributed by atoms with E-state index in [0.29, 0.717) is 18.8 Å². The Morgan fingerprint density at radius 2 is 1.31 bits per heavy atom. The molecular formula is C31H40O5. The first-order valence-electron chi connectivity index (χ1n) is 13.5. The van der Waals surface area contributed by atoms with Crippen LogP contribution >= 0.6 is 0 Å². The number of carbonyl (C=O) groups is 2. The molecule has 0 heterocycles. The molecular weight excluding hydrogens is 452 g/mol. The summed E-state index contributed by atoms with van der Waals surface area (Å²) in [4.78, 5) is 23.4. The van der Waals surface area contributed by atoms with Crippen LogP contribution in [-0.4, -0.2) is 31.3 Å². The third-order valence-electron chi connectivity index (χ3n) is 6.60. The molecule has 1 fully saturated rings. The van der Waals surface area contributed by atoms with Crippen molar-refractivity contribution in [2.75, 3.05) is 13.2 Å². The zero-order valence-corrected chi connectivity index (χ0v) is 21.4. The van der Waals surface area contributed by atoms with E-state index in [2.05, 4.69) is 18.7 Å². The van der Waals surface area contributed by atoms with E-state index in [1.54, 1.807) is 0 Å². The Hall–Kier alpha value is -3.08. The van der Waals surface area contributed by atoms with E-state index in [1.165, 1.54) is 25.3 Å². The molecule has 0 bridgehead atoms. The Kier molecular flexibility index (Phi) is 12.1. The van der Waals surface area contributed by atoms with Crippen molar-refractivity contribution >= 4 is 11.9 Å². The number of ether oxygens (including phenoxy) is 3. The molecule has 0 spiro atoms. The van der Waals surface area contributed by atoms with Gasteiger partial charge in [0, 0.05) is 6.08 Å². The SMILES string of the molecule is C=CC(=O)OCCCCCCCCCOc1ccc(-c2ccc(C(=O)OC3CCCCC3)cc2)cc1. The summed E-state index contributed by atoms with van der Waals surface area (Å²) in [7, 11) is 0. The van der Waals surface area contributed by atoms with E-state index in [4.69, 9.17) is 14.2 Å². The minimum atomic E-state index is -0.341. The molecule has 0 atom stereocenters. The van der Waals surface area contributed by atoms with Gasteiger partial charge in [0.1, 0.15) is 11.9 Å². The van der Waals surface area contributed by atoms with E-state index in [9.17, 15) is 9.59 Å². The number of hydrogen-bond donors (Lipinski definition) is 0. The van der Waals surface area contributed by atoms with Gasteiger partial charge in [-0.05, 0) is 73.9 Å². The van der Waals surface area contributed by atoms with Gasteiger partial charge in [-0.1, -0.05) is 69.4 Å². The first-order chi connectivity index (χ1) is 17.7. The molecule has 0 unspecified atom stereocenters. The fraction of sp³-hybridized carbons (Fsp3) is 0.484. The van der Waals surface area contributed by atoms with Crippen LogP contribution in [0.1, 0.15) is 87.4 Å². The molecule has 0 radical (unpaired) electrons. The second kappa shape index (κ2) is 15.8. The maximum Gasteiger partial charge on any atom is 0.338 e. The maximum absolute atomic E-state index is 12.4. The first kappa shape index (κ1) is 27.5. The minimum Gasteiger partial charge on any atom is -0.494 e. The lowest BCUT2D eigenvalue weighted by atomic mass is 9.98. The molecule has 1 aliphatic rings. The van der Waals surface area contributed by atoms with Crippen LogP contribution < -0.4 is 4.74 Å². The number of esters is 2. The van der Waals surface area contributed by atoms with Crippen molar-refractivity contribution < 1.29 is 23.8 Å². The largest absolute Gasteiger partial charge is 0.494 e. The van der Waals surface area contributed by atoms with Crippen molar-refractivity contribution in [3.63, 3.8) is 0 Å². The van der Waals surface area contributed by atoms with E-state index < -0.39 is 0 Å². The second-order valence-corrected chi connectivity index (χ2v) is 9.46. The standard InChI is InChI=1S/C31H40O5/c1-2-30(32)35-24-12-7-5-3-4-6-11-23-34-28-21-19-26(20-22-28)25-15-17-27(18-16-25)31(33)36-29-13-9-8-10-14-29/h2,15-22,29H,1,3-14,23-24H2. The topological polar surface area (TPSA) is 61.8 Å². The molecule has 2 aromatic rings. The summed E-state index contributed by atoms with van der Waals surface area (Å²) in [5.74, 6) is 0.316. The normalized spacial score (nSPS) is 13.7. The number of rotatable bonds is 15. The van der Waals surface area contributed by atoms with Gasteiger partial charge < -0.3 is 14.2 Å². The summed E-state index contributed by atoms with van der Waals surface area (Å²) in [5, 5.41) is 0. The van der Waals surface area contributed by atoms with Gasteiger partial charge in [0.25, 0.3) is 0 Å². The lowest BCUT2D eigenvalue weighted by Crippen LogP contribution is -2.20. The fourth-order valence-corrected chi connectivity index (χ4v) is 4.45. The molecule has 0 amide bonds. The van der Waals surface area contributed by atoms with Crippen LogP contribution in [0.15, 0.2) is 61.2 Å². The summed E-state index contributed by atoms with van der Waals surface area (Å²) >= 11 is 0. The molecule has 0 saturated heterocycles. The molecule has 3 rings (SSSR count). The number of hydrogen-bond acceptors (Lipinski definition) is 5. The molecule has 1 aliphatic carbocycles. The van der Waals surface area contributed by atoms with Crippen molar-refractivity contribution in [2.45, 2.75) is 83.2 Å². The van der Waals surface area contributed by atoms with Gasteiger partial charge in [-0.15, -0.1) is 0 Å². The molecule has 0 aromatic heterocycles. The summed E-state index contributed by atoms with van der Waals surface area (Å²) < 4.78 is 16.5. The molecule has 0 aliphatic heterocycles. The Bertz CT molecular complexity index is 926. The minimum absolute atomic E-state index is 0.0745. The monoisotopic (exact) mass is 492 g/mol. The zero-order chi connectivity index (χ0) is 25.4. The van der Waals surface area contributed by atoms with Gasteiger partial charge >= 0.3 is 11.9 Å². The van der Waals surface area contributed by atoms with Crippen molar-refractivity contribution in [2.24, 2.45) is 0 Å². The lowest BCUT2D eigenvalue weighted by Gasteiger charge is -2.21. The quantitative estimate of drug-likeness (QED) is 0.145. The third kappa shape index (κ3) is 9.88. The smallest absolute Gasteiger partial charge is 0.338 e. The van der Waals surface area contributed by atoms with Crippen LogP contribution in [0.3, 0.4) is 0 Å². The number of unbranched alkanes of at least 4 members (excludes halogenated alkanes) is 6. The van der Waals surface area contributed by atoms with Gasteiger partial charge in [-0.25, -0.2) is 9.59 Å². The van der Waals surface area contributed by atoms with Crippen molar-refractivity contribution in [1.29, 1.82) is 0 Å². The van der Waals surface area contributed by atoms with Gasteiger partial charge in [0.15, 0.2) is 0 Å². The van der Waals surface area contributed by atoms with E-state index in [-0.39, 0.29) is 18.0 Å². The highest BCUT2D eigenvalue weighted by atomic mass is 16.5. The van der Waals surface area contributed by atoms with Crippen molar-refractivity contribution in [1.82, 2.24) is 0 Å². The predicted octanol–water partition coefficient (Wildman–Crippen LogP) is 7.68. The molecule has 5 heteroatoms. The Morgan fingerprint density at radius 3 is 1.92 bits per heavy atom. The van der Waals surface area contributed by atoms with E-state index in [1.807, 2.05) is 36.4 Å². The molecule has 0 N–H and O–H groups in total. The van der Waals surface area contributed by atoms with Crippen LogP contribution in [0, 0.1) is 0 Å². The lowest BCUT2D eigenvalue weighted by molar-refractivity contribution is -0.137. The highest BCUT2D eigenvalue weighted by Crippen LogP contribution is 2.25. The summed E-state index contributed by atoms with van der Waals surface area (Å²) in [6.07, 6.45) is 14.5.